The van der Waals surface area contributed by atoms with Gasteiger partial charge in [-0.1, -0.05) is 23.7 Å². The second-order valence-corrected chi connectivity index (χ2v) is 6.14. The van der Waals surface area contributed by atoms with Gasteiger partial charge in [0.25, 0.3) is 5.56 Å². The van der Waals surface area contributed by atoms with E-state index in [1.54, 1.807) is 6.07 Å². The van der Waals surface area contributed by atoms with Crippen LogP contribution in [0.15, 0.2) is 44.9 Å². The van der Waals surface area contributed by atoms with Crippen LogP contribution in [0.3, 0.4) is 0 Å². The quantitative estimate of drug-likeness (QED) is 0.765. The van der Waals surface area contributed by atoms with Crippen molar-refractivity contribution in [1.82, 2.24) is 9.13 Å². The molecule has 9 heteroatoms. The molecular weight excluding hydrogens is 320 g/mol. The Bertz CT molecular complexity index is 914. The molecule has 0 bridgehead atoms. The van der Waals surface area contributed by atoms with Gasteiger partial charge in [0.1, 0.15) is 0 Å². The van der Waals surface area contributed by atoms with E-state index >= 15 is 0 Å². The molecule has 0 saturated carbocycles. The highest BCUT2D eigenvalue weighted by atomic mass is 35.5. The van der Waals surface area contributed by atoms with Gasteiger partial charge in [-0.15, -0.1) is 0 Å². The smallest absolute Gasteiger partial charge is 0.346 e. The molecule has 112 valence electrons. The number of benzene rings is 1. The van der Waals surface area contributed by atoms with Crippen LogP contribution in [0.5, 0.6) is 5.75 Å². The Labute approximate surface area is 125 Å². The van der Waals surface area contributed by atoms with Crippen molar-refractivity contribution in [2.24, 2.45) is 14.1 Å². The number of aryl methyl sites for hydroxylation is 1. The Morgan fingerprint density at radius 3 is 2.38 bits per heavy atom. The van der Waals surface area contributed by atoms with Gasteiger partial charge in [0, 0.05) is 20.3 Å². The van der Waals surface area contributed by atoms with E-state index in [0.717, 1.165) is 10.8 Å². The molecule has 0 unspecified atom stereocenters. The van der Waals surface area contributed by atoms with Gasteiger partial charge in [0.05, 0.1) is 5.02 Å². The van der Waals surface area contributed by atoms with Gasteiger partial charge in [-0.05, 0) is 12.1 Å². The highest BCUT2D eigenvalue weighted by Gasteiger charge is 2.24. The van der Waals surface area contributed by atoms with Gasteiger partial charge < -0.3 is 8.75 Å². The van der Waals surface area contributed by atoms with Crippen molar-refractivity contribution in [2.45, 2.75) is 4.90 Å². The Morgan fingerprint density at radius 2 is 1.76 bits per heavy atom. The van der Waals surface area contributed by atoms with Crippen LogP contribution in [-0.2, 0) is 24.2 Å². The fourth-order valence-electron chi connectivity index (χ4n) is 1.62. The van der Waals surface area contributed by atoms with Gasteiger partial charge in [-0.2, -0.15) is 8.42 Å². The summed E-state index contributed by atoms with van der Waals surface area (Å²) in [5.41, 5.74) is -1.61. The van der Waals surface area contributed by atoms with Crippen molar-refractivity contribution in [3.8, 4) is 5.75 Å². The largest absolute Gasteiger partial charge is 0.377 e. The summed E-state index contributed by atoms with van der Waals surface area (Å²) < 4.78 is 30.9. The van der Waals surface area contributed by atoms with Crippen molar-refractivity contribution in [3.05, 3.63) is 56.3 Å². The number of halogens is 1. The average Bonchev–Trinajstić information content (AvgIpc) is 2.42. The maximum atomic E-state index is 12.2. The van der Waals surface area contributed by atoms with Crippen molar-refractivity contribution in [1.29, 1.82) is 0 Å². The average molecular weight is 331 g/mol. The molecule has 7 nitrogen and oxygen atoms in total. The van der Waals surface area contributed by atoms with Crippen molar-refractivity contribution < 1.29 is 12.6 Å². The van der Waals surface area contributed by atoms with E-state index in [9.17, 15) is 18.0 Å². The number of hydrogen-bond donors (Lipinski definition) is 0. The number of nitrogens with zero attached hydrogens (tertiary/aromatic N) is 2. The predicted octanol–water partition coefficient (Wildman–Crippen LogP) is 0.505. The molecule has 1 aromatic carbocycles. The van der Waals surface area contributed by atoms with Gasteiger partial charge in [-0.25, -0.2) is 4.79 Å². The maximum Gasteiger partial charge on any atom is 0.346 e. The van der Waals surface area contributed by atoms with Gasteiger partial charge in [0.2, 0.25) is 0 Å². The molecule has 0 saturated heterocycles. The summed E-state index contributed by atoms with van der Waals surface area (Å²) in [5.74, 6) is -0.102. The zero-order valence-corrected chi connectivity index (χ0v) is 12.7. The molecule has 0 spiro atoms. The molecule has 2 aromatic rings. The molecule has 0 aliphatic rings. The zero-order chi connectivity index (χ0) is 15.8. The molecule has 0 aliphatic heterocycles. The summed E-state index contributed by atoms with van der Waals surface area (Å²) in [7, 11) is -1.90. The van der Waals surface area contributed by atoms with E-state index in [1.807, 2.05) is 0 Å². The normalized spacial score (nSPS) is 11.4. The number of aromatic nitrogens is 2. The van der Waals surface area contributed by atoms with Crippen LogP contribution in [0.1, 0.15) is 0 Å². The van der Waals surface area contributed by atoms with E-state index in [-0.39, 0.29) is 10.8 Å². The van der Waals surface area contributed by atoms with Gasteiger partial charge >= 0.3 is 15.8 Å². The van der Waals surface area contributed by atoms with E-state index in [0.29, 0.717) is 4.57 Å². The molecule has 0 radical (unpaired) electrons. The van der Waals surface area contributed by atoms with Gasteiger partial charge in [-0.3, -0.25) is 9.36 Å². The lowest BCUT2D eigenvalue weighted by Crippen LogP contribution is -2.39. The summed E-state index contributed by atoms with van der Waals surface area (Å²) in [6, 6.07) is 5.94. The lowest BCUT2D eigenvalue weighted by Gasteiger charge is -2.09. The molecule has 0 N–H and O–H groups in total. The minimum Gasteiger partial charge on any atom is -0.377 e. The van der Waals surface area contributed by atoms with Crippen LogP contribution in [0.2, 0.25) is 5.02 Å². The Morgan fingerprint density at radius 1 is 1.14 bits per heavy atom. The SMILES string of the molecule is Cn1cc(S(=O)(=O)Oc2ccccc2Cl)c(=O)n(C)c1=O. The van der Waals surface area contributed by atoms with Crippen molar-refractivity contribution in [3.63, 3.8) is 0 Å². The van der Waals surface area contributed by atoms with E-state index in [4.69, 9.17) is 15.8 Å². The van der Waals surface area contributed by atoms with E-state index in [2.05, 4.69) is 0 Å². The molecule has 0 aliphatic carbocycles. The topological polar surface area (TPSA) is 87.4 Å². The lowest BCUT2D eigenvalue weighted by atomic mass is 10.3. The highest BCUT2D eigenvalue weighted by molar-refractivity contribution is 7.87. The Kier molecular flexibility index (Phi) is 3.93. The molecule has 0 atom stereocenters. The van der Waals surface area contributed by atoms with Gasteiger partial charge in [0.15, 0.2) is 10.6 Å². The molecule has 0 amide bonds. The van der Waals surface area contributed by atoms with Crippen LogP contribution < -0.4 is 15.4 Å². The summed E-state index contributed by atoms with van der Waals surface area (Å²) >= 11 is 5.82. The first-order valence-electron chi connectivity index (χ1n) is 5.69. The summed E-state index contributed by atoms with van der Waals surface area (Å²) in [5, 5.41) is 0.0859. The summed E-state index contributed by atoms with van der Waals surface area (Å²) in [6.45, 7) is 0. The van der Waals surface area contributed by atoms with Crippen LogP contribution in [0.4, 0.5) is 0 Å². The first-order chi connectivity index (χ1) is 9.74. The van der Waals surface area contributed by atoms with Crippen LogP contribution in [0, 0.1) is 0 Å². The molecule has 21 heavy (non-hydrogen) atoms. The molecule has 1 aromatic heterocycles. The van der Waals surface area contributed by atoms with Crippen LogP contribution in [-0.4, -0.2) is 17.6 Å². The minimum atomic E-state index is -4.41. The fourth-order valence-corrected chi connectivity index (χ4v) is 2.95. The van der Waals surface area contributed by atoms with Crippen LogP contribution >= 0.6 is 11.6 Å². The molecule has 0 fully saturated rings. The van der Waals surface area contributed by atoms with Crippen LogP contribution in [0.25, 0.3) is 0 Å². The third-order valence-electron chi connectivity index (χ3n) is 2.72. The second kappa shape index (κ2) is 5.38. The monoisotopic (exact) mass is 330 g/mol. The third-order valence-corrected chi connectivity index (χ3v) is 4.25. The Balaban J connectivity index is 2.59. The predicted molar refractivity (Wildman–Crippen MR) is 76.2 cm³/mol. The zero-order valence-electron chi connectivity index (χ0n) is 11.1. The summed E-state index contributed by atoms with van der Waals surface area (Å²) in [6.07, 6.45) is 0.914. The first kappa shape index (κ1) is 15.3. The Hall–Kier alpha value is -2.06. The third kappa shape index (κ3) is 2.86. The number of hydrogen-bond acceptors (Lipinski definition) is 5. The number of rotatable bonds is 3. The number of para-hydroxylation sites is 1. The second-order valence-electron chi connectivity index (χ2n) is 4.22. The summed E-state index contributed by atoms with van der Waals surface area (Å²) in [4.78, 5) is 22.8. The first-order valence-corrected chi connectivity index (χ1v) is 7.48. The standard InChI is InChI=1S/C12H11ClN2O5S/c1-14-7-10(11(16)15(2)12(14)17)21(18,19)20-9-6-4-3-5-8(9)13/h3-7H,1-2H3. The minimum absolute atomic E-state index is 0.0859. The molecular formula is C12H11ClN2O5S. The van der Waals surface area contributed by atoms with E-state index < -0.39 is 26.3 Å². The maximum absolute atomic E-state index is 12.2. The van der Waals surface area contributed by atoms with Crippen molar-refractivity contribution >= 4 is 21.7 Å². The lowest BCUT2D eigenvalue weighted by molar-refractivity contribution is 0.480. The van der Waals surface area contributed by atoms with E-state index in [1.165, 1.54) is 32.3 Å². The highest BCUT2D eigenvalue weighted by Crippen LogP contribution is 2.25. The molecule has 2 rings (SSSR count). The molecule has 1 heterocycles. The van der Waals surface area contributed by atoms with Crippen molar-refractivity contribution in [2.75, 3.05) is 0 Å². The fraction of sp³-hybridized carbons (Fsp3) is 0.167.